The molecule has 1 saturated heterocycles. The lowest BCUT2D eigenvalue weighted by Gasteiger charge is -2.28. The van der Waals surface area contributed by atoms with Gasteiger partial charge < -0.3 is 9.84 Å². The fourth-order valence-corrected chi connectivity index (χ4v) is 2.95. The molecular formula is C9H18O2S. The minimum absolute atomic E-state index is 0.368. The second-order valence-electron chi connectivity index (χ2n) is 3.59. The first-order valence-electron chi connectivity index (χ1n) is 4.48. The molecule has 0 amide bonds. The molecule has 1 aliphatic heterocycles. The molecule has 72 valence electrons. The van der Waals surface area contributed by atoms with Gasteiger partial charge in [-0.2, -0.15) is 11.8 Å². The number of aliphatic hydroxyl groups is 1. The molecule has 0 aliphatic carbocycles. The second kappa shape index (κ2) is 4.49. The van der Waals surface area contributed by atoms with Crippen molar-refractivity contribution >= 4 is 11.8 Å². The molecule has 0 aromatic carbocycles. The van der Waals surface area contributed by atoms with E-state index in [1.807, 2.05) is 11.8 Å². The van der Waals surface area contributed by atoms with Crippen LogP contribution < -0.4 is 0 Å². The maximum Gasteiger partial charge on any atom is 0.0771 e. The summed E-state index contributed by atoms with van der Waals surface area (Å²) in [5, 5.41) is 10.1. The average Bonchev–Trinajstić information content (AvgIpc) is 2.49. The third-order valence-corrected chi connectivity index (χ3v) is 3.90. The summed E-state index contributed by atoms with van der Waals surface area (Å²) in [7, 11) is 1.71. The molecule has 0 bridgehead atoms. The number of ether oxygens (including phenoxy) is 1. The van der Waals surface area contributed by atoms with Gasteiger partial charge in [-0.15, -0.1) is 0 Å². The van der Waals surface area contributed by atoms with Crippen molar-refractivity contribution in [3.8, 4) is 0 Å². The first kappa shape index (κ1) is 10.4. The minimum Gasteiger partial charge on any atom is -0.389 e. The van der Waals surface area contributed by atoms with Gasteiger partial charge in [-0.25, -0.2) is 0 Å². The summed E-state index contributed by atoms with van der Waals surface area (Å²) in [6.45, 7) is 2.87. The second-order valence-corrected chi connectivity index (χ2v) is 4.69. The zero-order chi connectivity index (χ0) is 9.03. The van der Waals surface area contributed by atoms with Crippen LogP contribution in [0.4, 0.5) is 0 Å². The molecule has 0 saturated carbocycles. The van der Waals surface area contributed by atoms with Crippen LogP contribution in [-0.2, 0) is 4.74 Å². The first-order chi connectivity index (χ1) is 5.69. The molecular weight excluding hydrogens is 172 g/mol. The normalized spacial score (nSPS) is 32.2. The van der Waals surface area contributed by atoms with Crippen molar-refractivity contribution in [2.24, 2.45) is 5.92 Å². The quantitative estimate of drug-likeness (QED) is 0.729. The van der Waals surface area contributed by atoms with Gasteiger partial charge in [-0.1, -0.05) is 6.92 Å². The molecule has 1 aliphatic rings. The van der Waals surface area contributed by atoms with Gasteiger partial charge >= 0.3 is 0 Å². The van der Waals surface area contributed by atoms with Crippen LogP contribution in [0.5, 0.6) is 0 Å². The Labute approximate surface area is 78.7 Å². The van der Waals surface area contributed by atoms with E-state index in [1.54, 1.807) is 7.11 Å². The van der Waals surface area contributed by atoms with E-state index in [4.69, 9.17) is 4.74 Å². The van der Waals surface area contributed by atoms with E-state index in [2.05, 4.69) is 6.92 Å². The van der Waals surface area contributed by atoms with Crippen LogP contribution in [0.2, 0.25) is 0 Å². The Morgan fingerprint density at radius 3 is 2.92 bits per heavy atom. The lowest BCUT2D eigenvalue weighted by molar-refractivity contribution is 0.00117. The van der Waals surface area contributed by atoms with E-state index < -0.39 is 5.60 Å². The molecule has 3 heteroatoms. The summed E-state index contributed by atoms with van der Waals surface area (Å²) < 4.78 is 5.00. The van der Waals surface area contributed by atoms with Crippen LogP contribution in [-0.4, -0.2) is 35.9 Å². The van der Waals surface area contributed by atoms with E-state index in [0.717, 1.165) is 31.0 Å². The van der Waals surface area contributed by atoms with Crippen molar-refractivity contribution in [3.05, 3.63) is 0 Å². The van der Waals surface area contributed by atoms with Gasteiger partial charge in [0.15, 0.2) is 0 Å². The Kier molecular flexibility index (Phi) is 3.87. The molecule has 12 heavy (non-hydrogen) atoms. The van der Waals surface area contributed by atoms with Gasteiger partial charge in [0.25, 0.3) is 0 Å². The summed E-state index contributed by atoms with van der Waals surface area (Å²) in [6, 6.07) is 0. The highest BCUT2D eigenvalue weighted by Gasteiger charge is 2.36. The third kappa shape index (κ3) is 2.38. The van der Waals surface area contributed by atoms with Crippen molar-refractivity contribution in [2.45, 2.75) is 25.4 Å². The zero-order valence-corrected chi connectivity index (χ0v) is 8.69. The van der Waals surface area contributed by atoms with Gasteiger partial charge in [-0.05, 0) is 24.5 Å². The van der Waals surface area contributed by atoms with Crippen LogP contribution in [0.15, 0.2) is 0 Å². The predicted molar refractivity (Wildman–Crippen MR) is 52.5 cm³/mol. The Morgan fingerprint density at radius 1 is 1.67 bits per heavy atom. The summed E-state index contributed by atoms with van der Waals surface area (Å²) in [5.41, 5.74) is -0.413. The van der Waals surface area contributed by atoms with Crippen molar-refractivity contribution in [1.82, 2.24) is 0 Å². The fourth-order valence-electron chi connectivity index (χ4n) is 1.52. The monoisotopic (exact) mass is 190 g/mol. The van der Waals surface area contributed by atoms with Gasteiger partial charge in [0, 0.05) is 19.5 Å². The number of hydrogen-bond donors (Lipinski definition) is 1. The summed E-state index contributed by atoms with van der Waals surface area (Å²) in [5.74, 6) is 2.37. The van der Waals surface area contributed by atoms with E-state index in [0.29, 0.717) is 5.92 Å². The molecule has 0 spiro atoms. The van der Waals surface area contributed by atoms with E-state index >= 15 is 0 Å². The van der Waals surface area contributed by atoms with Crippen molar-refractivity contribution in [1.29, 1.82) is 0 Å². The van der Waals surface area contributed by atoms with Crippen LogP contribution in [0.3, 0.4) is 0 Å². The molecule has 1 N–H and O–H groups in total. The molecule has 2 atom stereocenters. The Morgan fingerprint density at radius 2 is 2.42 bits per heavy atom. The number of methoxy groups -OCH3 is 1. The summed E-state index contributed by atoms with van der Waals surface area (Å²) in [6.07, 6.45) is 1.91. The number of hydrogen-bond acceptors (Lipinski definition) is 3. The van der Waals surface area contributed by atoms with E-state index in [9.17, 15) is 5.11 Å². The van der Waals surface area contributed by atoms with Gasteiger partial charge in [0.05, 0.1) is 5.60 Å². The highest BCUT2D eigenvalue weighted by atomic mass is 32.2. The number of rotatable bonds is 4. The summed E-state index contributed by atoms with van der Waals surface area (Å²) in [4.78, 5) is 0. The largest absolute Gasteiger partial charge is 0.389 e. The lowest BCUT2D eigenvalue weighted by atomic mass is 9.86. The fraction of sp³-hybridized carbons (Fsp3) is 1.00. The molecule has 1 rings (SSSR count). The maximum absolute atomic E-state index is 10.1. The molecule has 1 heterocycles. The van der Waals surface area contributed by atoms with Gasteiger partial charge in [0.2, 0.25) is 0 Å². The smallest absolute Gasteiger partial charge is 0.0771 e. The van der Waals surface area contributed by atoms with Gasteiger partial charge in [0.1, 0.15) is 0 Å². The topological polar surface area (TPSA) is 29.5 Å². The van der Waals surface area contributed by atoms with Crippen molar-refractivity contribution in [3.63, 3.8) is 0 Å². The van der Waals surface area contributed by atoms with Crippen LogP contribution in [0.1, 0.15) is 19.8 Å². The van der Waals surface area contributed by atoms with E-state index in [1.165, 1.54) is 0 Å². The average molecular weight is 190 g/mol. The van der Waals surface area contributed by atoms with Crippen molar-refractivity contribution < 1.29 is 9.84 Å². The van der Waals surface area contributed by atoms with Gasteiger partial charge in [-0.3, -0.25) is 0 Å². The maximum atomic E-state index is 10.1. The van der Waals surface area contributed by atoms with Crippen molar-refractivity contribution in [2.75, 3.05) is 25.2 Å². The molecule has 0 aromatic rings. The molecule has 2 nitrogen and oxygen atoms in total. The van der Waals surface area contributed by atoms with E-state index in [-0.39, 0.29) is 0 Å². The first-order valence-corrected chi connectivity index (χ1v) is 5.63. The Balaban J connectivity index is 2.33. The molecule has 1 fully saturated rings. The third-order valence-electron chi connectivity index (χ3n) is 2.70. The molecule has 0 radical (unpaired) electrons. The SMILES string of the molecule is COCCC(C)C1(O)CCSC1. The Bertz CT molecular complexity index is 132. The Hall–Kier alpha value is 0.270. The highest BCUT2D eigenvalue weighted by molar-refractivity contribution is 7.99. The molecule has 0 aromatic heterocycles. The lowest BCUT2D eigenvalue weighted by Crippen LogP contribution is -2.36. The number of thioether (sulfide) groups is 1. The predicted octanol–water partition coefficient (Wildman–Crippen LogP) is 1.53. The minimum atomic E-state index is -0.413. The zero-order valence-electron chi connectivity index (χ0n) is 7.88. The summed E-state index contributed by atoms with van der Waals surface area (Å²) >= 11 is 1.85. The standard InChI is InChI=1S/C9H18O2S/c1-8(3-5-11-2)9(10)4-6-12-7-9/h8,10H,3-7H2,1-2H3. The highest BCUT2D eigenvalue weighted by Crippen LogP contribution is 2.35. The van der Waals surface area contributed by atoms with Crippen LogP contribution in [0.25, 0.3) is 0 Å². The van der Waals surface area contributed by atoms with Crippen LogP contribution in [0, 0.1) is 5.92 Å². The molecule has 2 unspecified atom stereocenters. The van der Waals surface area contributed by atoms with Crippen LogP contribution >= 0.6 is 11.8 Å².